The van der Waals surface area contributed by atoms with Gasteiger partial charge >= 0.3 is 0 Å². The summed E-state index contributed by atoms with van der Waals surface area (Å²) in [4.78, 5) is 15.2. The zero-order valence-corrected chi connectivity index (χ0v) is 18.1. The van der Waals surface area contributed by atoms with Crippen molar-refractivity contribution in [2.24, 2.45) is 5.92 Å². The second-order valence-electron chi connectivity index (χ2n) is 8.12. The van der Waals surface area contributed by atoms with E-state index in [1.54, 1.807) is 12.1 Å². The van der Waals surface area contributed by atoms with Crippen molar-refractivity contribution in [2.75, 3.05) is 26.2 Å². The van der Waals surface area contributed by atoms with Crippen LogP contribution in [0.3, 0.4) is 0 Å². The Labute approximate surface area is 179 Å². The summed E-state index contributed by atoms with van der Waals surface area (Å²) in [6.07, 6.45) is 4.16. The maximum atomic E-state index is 13.0. The summed E-state index contributed by atoms with van der Waals surface area (Å²) in [5, 5.41) is 0. The van der Waals surface area contributed by atoms with Crippen LogP contribution in [-0.2, 0) is 14.8 Å². The number of hydrogen-bond donors (Lipinski definition) is 0. The van der Waals surface area contributed by atoms with Gasteiger partial charge in [-0.3, -0.25) is 4.79 Å². The number of rotatable bonds is 4. The van der Waals surface area contributed by atoms with E-state index in [4.69, 9.17) is 0 Å². The Morgan fingerprint density at radius 3 is 2.20 bits per heavy atom. The van der Waals surface area contributed by atoms with Crippen LogP contribution < -0.4 is 0 Å². The maximum absolute atomic E-state index is 13.0. The molecule has 0 radical (unpaired) electrons. The number of carbonyl (C=O) groups excluding carboxylic acids is 1. The van der Waals surface area contributed by atoms with Crippen LogP contribution in [-0.4, -0.2) is 49.7 Å². The smallest absolute Gasteiger partial charge is 0.243 e. The highest BCUT2D eigenvalue weighted by Crippen LogP contribution is 2.28. The first-order chi connectivity index (χ1) is 14.4. The fraction of sp³-hybridized carbons (Fsp3) is 0.375. The van der Waals surface area contributed by atoms with Gasteiger partial charge in [-0.2, -0.15) is 4.31 Å². The minimum Gasteiger partial charge on any atom is -0.338 e. The average molecular weight is 425 g/mol. The Hall–Kier alpha value is -2.44. The van der Waals surface area contributed by atoms with E-state index in [9.17, 15) is 13.2 Å². The largest absolute Gasteiger partial charge is 0.338 e. The minimum atomic E-state index is -3.49. The number of amides is 1. The summed E-state index contributed by atoms with van der Waals surface area (Å²) < 4.78 is 27.3. The van der Waals surface area contributed by atoms with E-state index in [0.29, 0.717) is 37.4 Å². The zero-order valence-electron chi connectivity index (χ0n) is 17.3. The molecule has 0 saturated carbocycles. The highest BCUT2D eigenvalue weighted by atomic mass is 32.2. The molecule has 2 aromatic rings. The Morgan fingerprint density at radius 1 is 0.933 bits per heavy atom. The summed E-state index contributed by atoms with van der Waals surface area (Å²) in [5.74, 6) is 0.0619. The molecule has 0 aromatic heterocycles. The molecular weight excluding hydrogens is 396 g/mol. The number of sulfonamides is 1. The predicted molar refractivity (Wildman–Crippen MR) is 118 cm³/mol. The molecule has 30 heavy (non-hydrogen) atoms. The van der Waals surface area contributed by atoms with Crippen LogP contribution in [0.15, 0.2) is 65.6 Å². The SMILES string of the molecule is Cc1ccc(S(=O)(=O)N2CCC(C(=O)N3CC=C(c4ccccc4)CC3)CC2)cc1. The van der Waals surface area contributed by atoms with Crippen molar-refractivity contribution >= 4 is 21.5 Å². The van der Waals surface area contributed by atoms with Crippen LogP contribution in [0.5, 0.6) is 0 Å². The number of benzene rings is 2. The molecule has 2 aliphatic rings. The van der Waals surface area contributed by atoms with Gasteiger partial charge in [-0.05, 0) is 49.5 Å². The second-order valence-corrected chi connectivity index (χ2v) is 10.1. The Morgan fingerprint density at radius 2 is 1.60 bits per heavy atom. The van der Waals surface area contributed by atoms with Gasteiger partial charge in [0.2, 0.25) is 15.9 Å². The average Bonchev–Trinajstić information content (AvgIpc) is 2.80. The lowest BCUT2D eigenvalue weighted by Gasteiger charge is -2.34. The highest BCUT2D eigenvalue weighted by molar-refractivity contribution is 7.89. The van der Waals surface area contributed by atoms with Gasteiger partial charge in [-0.1, -0.05) is 54.1 Å². The van der Waals surface area contributed by atoms with Gasteiger partial charge in [-0.25, -0.2) is 8.42 Å². The van der Waals surface area contributed by atoms with Crippen LogP contribution in [0, 0.1) is 12.8 Å². The van der Waals surface area contributed by atoms with Crippen molar-refractivity contribution in [3.05, 3.63) is 71.8 Å². The Bertz CT molecular complexity index is 1020. The highest BCUT2D eigenvalue weighted by Gasteiger charge is 2.34. The molecule has 0 bridgehead atoms. The molecule has 1 fully saturated rings. The molecule has 0 atom stereocenters. The molecular formula is C24H28N2O3S. The molecule has 5 nitrogen and oxygen atoms in total. The van der Waals surface area contributed by atoms with Crippen LogP contribution in [0.2, 0.25) is 0 Å². The summed E-state index contributed by atoms with van der Waals surface area (Å²) in [6.45, 7) is 4.08. The van der Waals surface area contributed by atoms with E-state index in [2.05, 4.69) is 18.2 Å². The van der Waals surface area contributed by atoms with Gasteiger partial charge in [0.05, 0.1) is 4.90 Å². The van der Waals surface area contributed by atoms with E-state index < -0.39 is 10.0 Å². The number of carbonyl (C=O) groups is 1. The van der Waals surface area contributed by atoms with E-state index in [0.717, 1.165) is 18.5 Å². The molecule has 0 aliphatic carbocycles. The molecule has 158 valence electrons. The fourth-order valence-electron chi connectivity index (χ4n) is 4.24. The molecule has 0 N–H and O–H groups in total. The van der Waals surface area contributed by atoms with Crippen LogP contribution in [0.25, 0.3) is 5.57 Å². The molecule has 1 saturated heterocycles. The lowest BCUT2D eigenvalue weighted by molar-refractivity contribution is -0.136. The molecule has 2 aliphatic heterocycles. The quantitative estimate of drug-likeness (QED) is 0.752. The van der Waals surface area contributed by atoms with Crippen LogP contribution >= 0.6 is 0 Å². The van der Waals surface area contributed by atoms with Gasteiger partial charge < -0.3 is 4.90 Å². The third kappa shape index (κ3) is 4.35. The second kappa shape index (κ2) is 8.74. The molecule has 2 heterocycles. The zero-order chi connectivity index (χ0) is 21.1. The third-order valence-electron chi connectivity index (χ3n) is 6.13. The summed E-state index contributed by atoms with van der Waals surface area (Å²) in [6, 6.07) is 17.2. The summed E-state index contributed by atoms with van der Waals surface area (Å²) >= 11 is 0. The third-order valence-corrected chi connectivity index (χ3v) is 8.04. The van der Waals surface area contributed by atoms with Gasteiger partial charge in [0.25, 0.3) is 0 Å². The van der Waals surface area contributed by atoms with E-state index in [1.807, 2.05) is 42.2 Å². The van der Waals surface area contributed by atoms with E-state index in [-0.39, 0.29) is 11.8 Å². The van der Waals surface area contributed by atoms with Crippen molar-refractivity contribution in [3.8, 4) is 0 Å². The lowest BCUT2D eigenvalue weighted by atomic mass is 9.94. The van der Waals surface area contributed by atoms with Crippen LogP contribution in [0.1, 0.15) is 30.4 Å². The van der Waals surface area contributed by atoms with Crippen molar-refractivity contribution < 1.29 is 13.2 Å². The number of aryl methyl sites for hydroxylation is 1. The number of piperidine rings is 1. The van der Waals surface area contributed by atoms with Gasteiger partial charge in [0, 0.05) is 32.1 Å². The maximum Gasteiger partial charge on any atom is 0.243 e. The first-order valence-corrected chi connectivity index (χ1v) is 12.0. The molecule has 2 aromatic carbocycles. The predicted octanol–water partition coefficient (Wildman–Crippen LogP) is 3.71. The standard InChI is InChI=1S/C24H28N2O3S/c1-19-7-9-23(10-8-19)30(28,29)26-17-13-22(14-18-26)24(27)25-15-11-21(12-16-25)20-5-3-2-4-6-20/h2-11,22H,12-18H2,1H3. The van der Waals surface area contributed by atoms with Gasteiger partial charge in [0.15, 0.2) is 0 Å². The summed E-state index contributed by atoms with van der Waals surface area (Å²) in [7, 11) is -3.49. The molecule has 0 spiro atoms. The Kier molecular flexibility index (Phi) is 6.06. The molecule has 6 heteroatoms. The van der Waals surface area contributed by atoms with E-state index >= 15 is 0 Å². The molecule has 0 unspecified atom stereocenters. The first-order valence-electron chi connectivity index (χ1n) is 10.6. The van der Waals surface area contributed by atoms with Crippen molar-refractivity contribution in [2.45, 2.75) is 31.1 Å². The van der Waals surface area contributed by atoms with Crippen molar-refractivity contribution in [1.29, 1.82) is 0 Å². The topological polar surface area (TPSA) is 57.7 Å². The summed E-state index contributed by atoms with van der Waals surface area (Å²) in [5.41, 5.74) is 3.54. The van der Waals surface area contributed by atoms with Gasteiger partial charge in [-0.15, -0.1) is 0 Å². The lowest BCUT2D eigenvalue weighted by Crippen LogP contribution is -2.45. The fourth-order valence-corrected chi connectivity index (χ4v) is 5.71. The number of hydrogen-bond acceptors (Lipinski definition) is 3. The number of nitrogens with zero attached hydrogens (tertiary/aromatic N) is 2. The van der Waals surface area contributed by atoms with Crippen LogP contribution in [0.4, 0.5) is 0 Å². The first kappa shape index (κ1) is 20.8. The normalized spacial score (nSPS) is 18.8. The van der Waals surface area contributed by atoms with Crippen molar-refractivity contribution in [1.82, 2.24) is 9.21 Å². The molecule has 1 amide bonds. The Balaban J connectivity index is 1.35. The van der Waals surface area contributed by atoms with Gasteiger partial charge in [0.1, 0.15) is 0 Å². The van der Waals surface area contributed by atoms with E-state index in [1.165, 1.54) is 15.4 Å². The minimum absolute atomic E-state index is 0.0962. The molecule has 4 rings (SSSR count). The van der Waals surface area contributed by atoms with Crippen molar-refractivity contribution in [3.63, 3.8) is 0 Å². The monoisotopic (exact) mass is 424 g/mol.